The van der Waals surface area contributed by atoms with Gasteiger partial charge in [-0.3, -0.25) is 0 Å². The smallest absolute Gasteiger partial charge is 0.203 e. The highest BCUT2D eigenvalue weighted by Crippen LogP contribution is 2.45. The Balaban J connectivity index is 1.17. The highest BCUT2D eigenvalue weighted by molar-refractivity contribution is 5.30. The molecule has 0 spiro atoms. The zero-order valence-electron chi connectivity index (χ0n) is 24.1. The van der Waals surface area contributed by atoms with Crippen LogP contribution in [0, 0.1) is 23.7 Å². The molecule has 3 aliphatic rings. The van der Waals surface area contributed by atoms with E-state index in [-0.39, 0.29) is 12.4 Å². The van der Waals surface area contributed by atoms with Crippen molar-refractivity contribution >= 4 is 0 Å². The molecule has 39 heavy (non-hydrogen) atoms. The highest BCUT2D eigenvalue weighted by Gasteiger charge is 2.35. The maximum Gasteiger partial charge on any atom is 0.203 e. The van der Waals surface area contributed by atoms with Crippen LogP contribution in [0.1, 0.15) is 101 Å². The van der Waals surface area contributed by atoms with Gasteiger partial charge >= 0.3 is 0 Å². The third-order valence-corrected chi connectivity index (χ3v) is 9.68. The molecule has 2 unspecified atom stereocenters. The second-order valence-corrected chi connectivity index (χ2v) is 12.1. The fourth-order valence-electron chi connectivity index (χ4n) is 7.20. The van der Waals surface area contributed by atoms with E-state index >= 15 is 0 Å². The molecule has 1 heterocycles. The molecule has 0 N–H and O–H groups in total. The monoisotopic (exact) mass is 542 g/mol. The van der Waals surface area contributed by atoms with Crippen molar-refractivity contribution in [2.45, 2.75) is 103 Å². The predicted molar refractivity (Wildman–Crippen MR) is 153 cm³/mol. The van der Waals surface area contributed by atoms with Gasteiger partial charge in [-0.05, 0) is 111 Å². The van der Waals surface area contributed by atoms with E-state index in [0.29, 0.717) is 12.0 Å². The average molecular weight is 543 g/mol. The van der Waals surface area contributed by atoms with E-state index in [0.717, 1.165) is 35.8 Å². The van der Waals surface area contributed by atoms with Crippen molar-refractivity contribution in [3.05, 3.63) is 71.7 Å². The topological polar surface area (TPSA) is 27.7 Å². The van der Waals surface area contributed by atoms with Gasteiger partial charge in [0.25, 0.3) is 0 Å². The maximum absolute atomic E-state index is 14.1. The molecule has 1 saturated heterocycles. The lowest BCUT2D eigenvalue weighted by molar-refractivity contribution is -0.0617. The molecular formula is C34H48F2O3. The fourth-order valence-corrected chi connectivity index (χ4v) is 7.20. The van der Waals surface area contributed by atoms with Crippen molar-refractivity contribution in [3.8, 4) is 0 Å². The van der Waals surface area contributed by atoms with Crippen LogP contribution in [0.3, 0.4) is 0 Å². The molecule has 0 amide bonds. The first-order valence-electron chi connectivity index (χ1n) is 15.2. The molecule has 4 rings (SSSR count). The molecule has 2 aliphatic carbocycles. The Labute approximate surface area is 234 Å². The number of ether oxygens (including phenoxy) is 3. The average Bonchev–Trinajstić information content (AvgIpc) is 2.99. The molecule has 3 nitrogen and oxygen atoms in total. The van der Waals surface area contributed by atoms with Gasteiger partial charge < -0.3 is 14.2 Å². The van der Waals surface area contributed by atoms with Gasteiger partial charge in [0, 0.05) is 6.61 Å². The Morgan fingerprint density at radius 1 is 0.821 bits per heavy atom. The molecule has 3 fully saturated rings. The van der Waals surface area contributed by atoms with Crippen molar-refractivity contribution in [2.75, 3.05) is 13.7 Å². The normalized spacial score (nSPS) is 30.3. The Bertz CT molecular complexity index is 961. The van der Waals surface area contributed by atoms with Crippen LogP contribution in [-0.4, -0.2) is 19.8 Å². The van der Waals surface area contributed by atoms with Crippen LogP contribution in [0.2, 0.25) is 0 Å². The minimum absolute atomic E-state index is 0.125. The quantitative estimate of drug-likeness (QED) is 0.206. The lowest BCUT2D eigenvalue weighted by atomic mass is 9.67. The van der Waals surface area contributed by atoms with Crippen molar-refractivity contribution < 1.29 is 23.0 Å². The van der Waals surface area contributed by atoms with Gasteiger partial charge in [0.05, 0.1) is 13.2 Å². The van der Waals surface area contributed by atoms with Gasteiger partial charge in [-0.15, -0.1) is 0 Å². The molecule has 1 aliphatic heterocycles. The fraction of sp³-hybridized carbons (Fsp3) is 0.647. The van der Waals surface area contributed by atoms with E-state index in [1.165, 1.54) is 89.7 Å². The highest BCUT2D eigenvalue weighted by atomic mass is 19.2. The Morgan fingerprint density at radius 2 is 1.41 bits per heavy atom. The third kappa shape index (κ3) is 7.96. The summed E-state index contributed by atoms with van der Waals surface area (Å²) in [6.45, 7) is 10.2. The van der Waals surface area contributed by atoms with E-state index in [4.69, 9.17) is 9.47 Å². The third-order valence-electron chi connectivity index (χ3n) is 9.68. The van der Waals surface area contributed by atoms with Gasteiger partial charge in [-0.1, -0.05) is 50.8 Å². The standard InChI is InChI=1S/C34H48F2O3/c1-5-6-25-9-20-32(39-22-25)31-18-16-30(17-19-31)29-14-12-28(13-15-29)27-10-7-26(8-11-27)21-38-24(3)34(36)33(35)23(2)37-4/h7-8,10-11,25,28-32H,2-3,5-6,9,12-22H2,1,4H3/b34-33-. The van der Waals surface area contributed by atoms with E-state index in [1.54, 1.807) is 0 Å². The summed E-state index contributed by atoms with van der Waals surface area (Å²) in [5.41, 5.74) is 2.26. The molecule has 1 aromatic rings. The summed E-state index contributed by atoms with van der Waals surface area (Å²) in [6, 6.07) is 8.35. The summed E-state index contributed by atoms with van der Waals surface area (Å²) >= 11 is 0. The zero-order chi connectivity index (χ0) is 27.8. The largest absolute Gasteiger partial charge is 0.494 e. The molecule has 0 radical (unpaired) electrons. The van der Waals surface area contributed by atoms with Crippen LogP contribution in [0.5, 0.6) is 0 Å². The number of rotatable bonds is 11. The van der Waals surface area contributed by atoms with E-state index < -0.39 is 17.4 Å². The molecule has 1 aromatic carbocycles. The van der Waals surface area contributed by atoms with Crippen LogP contribution < -0.4 is 0 Å². The molecule has 216 valence electrons. The summed E-state index contributed by atoms with van der Waals surface area (Å²) in [5, 5.41) is 0. The van der Waals surface area contributed by atoms with E-state index in [1.807, 2.05) is 12.1 Å². The minimum Gasteiger partial charge on any atom is -0.494 e. The molecule has 0 aromatic heterocycles. The minimum atomic E-state index is -1.19. The van der Waals surface area contributed by atoms with Crippen LogP contribution in [0.15, 0.2) is 60.6 Å². The zero-order valence-corrected chi connectivity index (χ0v) is 24.1. The second-order valence-electron chi connectivity index (χ2n) is 12.1. The van der Waals surface area contributed by atoms with Gasteiger partial charge in [-0.2, -0.15) is 8.78 Å². The summed E-state index contributed by atoms with van der Waals surface area (Å²) in [5.74, 6) is 0.818. The summed E-state index contributed by atoms with van der Waals surface area (Å²) in [7, 11) is 1.23. The predicted octanol–water partition coefficient (Wildman–Crippen LogP) is 9.70. The first-order valence-corrected chi connectivity index (χ1v) is 15.2. The number of allylic oxidation sites excluding steroid dienone is 2. The Hall–Kier alpha value is -2.14. The molecule has 5 heteroatoms. The van der Waals surface area contributed by atoms with Crippen molar-refractivity contribution in [2.24, 2.45) is 23.7 Å². The summed E-state index contributed by atoms with van der Waals surface area (Å²) < 4.78 is 44.2. The van der Waals surface area contributed by atoms with Crippen LogP contribution >= 0.6 is 0 Å². The van der Waals surface area contributed by atoms with Crippen LogP contribution in [0.25, 0.3) is 0 Å². The van der Waals surface area contributed by atoms with Crippen molar-refractivity contribution in [1.29, 1.82) is 0 Å². The number of benzene rings is 1. The van der Waals surface area contributed by atoms with Gasteiger partial charge in [0.2, 0.25) is 11.7 Å². The molecule has 0 bridgehead atoms. The van der Waals surface area contributed by atoms with Crippen LogP contribution in [0.4, 0.5) is 8.78 Å². The van der Waals surface area contributed by atoms with E-state index in [2.05, 4.69) is 37.0 Å². The number of methoxy groups -OCH3 is 1. The molecule has 2 atom stereocenters. The van der Waals surface area contributed by atoms with E-state index in [9.17, 15) is 8.78 Å². The number of hydrogen-bond donors (Lipinski definition) is 0. The summed E-state index contributed by atoms with van der Waals surface area (Å²) in [6.07, 6.45) is 16.4. The number of halogens is 2. The second kappa shape index (κ2) is 14.5. The lowest BCUT2D eigenvalue weighted by Crippen LogP contribution is -2.35. The number of hydrogen-bond acceptors (Lipinski definition) is 3. The van der Waals surface area contributed by atoms with Crippen LogP contribution in [-0.2, 0) is 20.8 Å². The first-order chi connectivity index (χ1) is 18.9. The Morgan fingerprint density at radius 3 is 1.97 bits per heavy atom. The SMILES string of the molecule is C=C(OC)/C(F)=C(/F)C(=C)OCc1ccc(C2CCC(C3CCC(C4CCC(CCC)CO4)CC3)CC2)cc1. The maximum atomic E-state index is 14.1. The van der Waals surface area contributed by atoms with Gasteiger partial charge in [-0.25, -0.2) is 0 Å². The van der Waals surface area contributed by atoms with Crippen molar-refractivity contribution in [3.63, 3.8) is 0 Å². The molecular weight excluding hydrogens is 494 g/mol. The first kappa shape index (κ1) is 29.8. The summed E-state index contributed by atoms with van der Waals surface area (Å²) in [4.78, 5) is 0. The van der Waals surface area contributed by atoms with Crippen molar-refractivity contribution in [1.82, 2.24) is 0 Å². The Kier molecular flexibility index (Phi) is 11.1. The van der Waals surface area contributed by atoms with Gasteiger partial charge in [0.1, 0.15) is 6.61 Å². The lowest BCUT2D eigenvalue weighted by Gasteiger charge is -2.41. The molecule has 2 saturated carbocycles. The van der Waals surface area contributed by atoms with Gasteiger partial charge in [0.15, 0.2) is 11.5 Å².